The highest BCUT2D eigenvalue weighted by molar-refractivity contribution is 8.14. The molecule has 0 aromatic carbocycles. The monoisotopic (exact) mass is 202 g/mol. The quantitative estimate of drug-likeness (QED) is 0.733. The highest BCUT2D eigenvalue weighted by atomic mass is 32.2. The Morgan fingerprint density at radius 2 is 2.50 bits per heavy atom. The molecular weight excluding hydrogens is 188 g/mol. The summed E-state index contributed by atoms with van der Waals surface area (Å²) in [5, 5.41) is 4.60. The summed E-state index contributed by atoms with van der Waals surface area (Å²) >= 11 is 3.94. The Bertz CT molecular complexity index is 176. The van der Waals surface area contributed by atoms with E-state index in [9.17, 15) is 0 Å². The zero-order chi connectivity index (χ0) is 8.23. The van der Waals surface area contributed by atoms with Crippen LogP contribution < -0.4 is 5.32 Å². The Balaban J connectivity index is 1.67. The van der Waals surface area contributed by atoms with E-state index in [1.165, 1.54) is 28.8 Å². The van der Waals surface area contributed by atoms with Crippen molar-refractivity contribution >= 4 is 28.7 Å². The molecule has 0 saturated carbocycles. The van der Waals surface area contributed by atoms with Gasteiger partial charge < -0.3 is 5.32 Å². The molecule has 4 heteroatoms. The van der Waals surface area contributed by atoms with E-state index in [0.29, 0.717) is 0 Å². The van der Waals surface area contributed by atoms with Crippen molar-refractivity contribution in [3.63, 3.8) is 0 Å². The zero-order valence-electron chi connectivity index (χ0n) is 7.08. The lowest BCUT2D eigenvalue weighted by Crippen LogP contribution is -2.26. The van der Waals surface area contributed by atoms with Gasteiger partial charge in [-0.25, -0.2) is 0 Å². The van der Waals surface area contributed by atoms with Crippen LogP contribution in [0.25, 0.3) is 0 Å². The van der Waals surface area contributed by atoms with Crippen molar-refractivity contribution < 1.29 is 0 Å². The van der Waals surface area contributed by atoms with E-state index in [1.54, 1.807) is 0 Å². The summed E-state index contributed by atoms with van der Waals surface area (Å²) in [7, 11) is 0. The predicted octanol–water partition coefficient (Wildman–Crippen LogP) is 1.43. The Morgan fingerprint density at radius 3 is 3.17 bits per heavy atom. The van der Waals surface area contributed by atoms with Gasteiger partial charge in [0.1, 0.15) is 0 Å². The molecule has 12 heavy (non-hydrogen) atoms. The third-order valence-corrected chi connectivity index (χ3v) is 4.32. The molecule has 0 aliphatic carbocycles. The summed E-state index contributed by atoms with van der Waals surface area (Å²) in [4.78, 5) is 4.36. The first-order chi connectivity index (χ1) is 5.95. The van der Waals surface area contributed by atoms with E-state index < -0.39 is 0 Å². The summed E-state index contributed by atoms with van der Waals surface area (Å²) in [6, 6.07) is 0. The van der Waals surface area contributed by atoms with Crippen molar-refractivity contribution in [3.8, 4) is 0 Å². The highest BCUT2D eigenvalue weighted by Crippen LogP contribution is 2.22. The topological polar surface area (TPSA) is 24.4 Å². The SMILES string of the molecule is C1CSC(NCC2CCSC2)=N1. The van der Waals surface area contributed by atoms with Crippen LogP contribution in [0.4, 0.5) is 0 Å². The van der Waals surface area contributed by atoms with E-state index in [1.807, 2.05) is 11.8 Å². The van der Waals surface area contributed by atoms with E-state index in [-0.39, 0.29) is 0 Å². The summed E-state index contributed by atoms with van der Waals surface area (Å²) in [5.74, 6) is 4.75. The second kappa shape index (κ2) is 4.42. The average molecular weight is 202 g/mol. The first-order valence-corrected chi connectivity index (χ1v) is 6.58. The van der Waals surface area contributed by atoms with Gasteiger partial charge >= 0.3 is 0 Å². The molecule has 2 heterocycles. The number of rotatable bonds is 2. The minimum atomic E-state index is 0.888. The third-order valence-electron chi connectivity index (χ3n) is 2.15. The van der Waals surface area contributed by atoms with Gasteiger partial charge in [-0.05, 0) is 23.8 Å². The molecule has 2 aliphatic heterocycles. The fraction of sp³-hybridized carbons (Fsp3) is 0.875. The number of nitrogens with one attached hydrogen (secondary N) is 1. The Morgan fingerprint density at radius 1 is 1.50 bits per heavy atom. The molecule has 1 saturated heterocycles. The van der Waals surface area contributed by atoms with Crippen LogP contribution in [-0.2, 0) is 0 Å². The summed E-state index contributed by atoms with van der Waals surface area (Å²) in [6.45, 7) is 2.14. The number of hydrogen-bond acceptors (Lipinski definition) is 4. The Kier molecular flexibility index (Phi) is 3.22. The fourth-order valence-corrected chi connectivity index (χ4v) is 3.45. The Labute approximate surface area is 82.0 Å². The van der Waals surface area contributed by atoms with E-state index in [0.717, 1.165) is 19.0 Å². The maximum atomic E-state index is 4.36. The third kappa shape index (κ3) is 2.33. The summed E-state index contributed by atoms with van der Waals surface area (Å²) in [6.07, 6.45) is 1.38. The minimum Gasteiger partial charge on any atom is -0.365 e. The molecular formula is C8H14N2S2. The number of nitrogens with zero attached hydrogens (tertiary/aromatic N) is 1. The van der Waals surface area contributed by atoms with Crippen LogP contribution in [0.15, 0.2) is 4.99 Å². The number of aliphatic imine (C=N–C) groups is 1. The molecule has 2 nitrogen and oxygen atoms in total. The number of thioether (sulfide) groups is 2. The maximum Gasteiger partial charge on any atom is 0.156 e. The lowest BCUT2D eigenvalue weighted by atomic mass is 10.1. The van der Waals surface area contributed by atoms with Gasteiger partial charge in [0, 0.05) is 12.3 Å². The lowest BCUT2D eigenvalue weighted by Gasteiger charge is -2.09. The molecule has 0 bridgehead atoms. The van der Waals surface area contributed by atoms with Gasteiger partial charge in [0.05, 0.1) is 6.54 Å². The minimum absolute atomic E-state index is 0.888. The molecule has 1 atom stereocenters. The van der Waals surface area contributed by atoms with Gasteiger partial charge in [0.25, 0.3) is 0 Å². The molecule has 0 spiro atoms. The molecule has 0 aromatic heterocycles. The maximum absolute atomic E-state index is 4.36. The van der Waals surface area contributed by atoms with Gasteiger partial charge in [-0.2, -0.15) is 11.8 Å². The second-order valence-electron chi connectivity index (χ2n) is 3.15. The molecule has 0 aromatic rings. The standard InChI is InChI=1S/C8H14N2S2/c1-3-11-6-7(1)5-10-8-9-2-4-12-8/h7H,1-6H2,(H,9,10). The Hall–Kier alpha value is 0.170. The first-order valence-electron chi connectivity index (χ1n) is 4.44. The summed E-state index contributed by atoms with van der Waals surface area (Å²) in [5.41, 5.74) is 0. The molecule has 68 valence electrons. The van der Waals surface area contributed by atoms with Gasteiger partial charge in [0.2, 0.25) is 0 Å². The van der Waals surface area contributed by atoms with E-state index in [4.69, 9.17) is 0 Å². The second-order valence-corrected chi connectivity index (χ2v) is 5.38. The molecule has 1 fully saturated rings. The van der Waals surface area contributed by atoms with Crippen molar-refractivity contribution in [2.75, 3.05) is 30.3 Å². The predicted molar refractivity (Wildman–Crippen MR) is 58.2 cm³/mol. The van der Waals surface area contributed by atoms with Crippen molar-refractivity contribution in [3.05, 3.63) is 0 Å². The average Bonchev–Trinajstić information content (AvgIpc) is 2.74. The van der Waals surface area contributed by atoms with Crippen molar-refractivity contribution in [2.45, 2.75) is 6.42 Å². The van der Waals surface area contributed by atoms with Crippen LogP contribution in [0, 0.1) is 5.92 Å². The molecule has 2 aliphatic rings. The van der Waals surface area contributed by atoms with Gasteiger partial charge in [-0.15, -0.1) is 0 Å². The lowest BCUT2D eigenvalue weighted by molar-refractivity contribution is 0.583. The van der Waals surface area contributed by atoms with E-state index in [2.05, 4.69) is 22.1 Å². The van der Waals surface area contributed by atoms with Crippen molar-refractivity contribution in [2.24, 2.45) is 10.9 Å². The van der Waals surface area contributed by atoms with E-state index >= 15 is 0 Å². The van der Waals surface area contributed by atoms with Crippen molar-refractivity contribution in [1.29, 1.82) is 0 Å². The van der Waals surface area contributed by atoms with Crippen LogP contribution in [0.1, 0.15) is 6.42 Å². The molecule has 0 amide bonds. The smallest absolute Gasteiger partial charge is 0.156 e. The number of amidine groups is 1. The molecule has 2 rings (SSSR count). The van der Waals surface area contributed by atoms with Crippen LogP contribution in [0.3, 0.4) is 0 Å². The highest BCUT2D eigenvalue weighted by Gasteiger charge is 2.16. The fourth-order valence-electron chi connectivity index (χ4n) is 1.42. The first kappa shape index (κ1) is 8.75. The normalized spacial score (nSPS) is 29.0. The van der Waals surface area contributed by atoms with Gasteiger partial charge in [0.15, 0.2) is 5.17 Å². The summed E-state index contributed by atoms with van der Waals surface area (Å²) < 4.78 is 0. The molecule has 1 unspecified atom stereocenters. The van der Waals surface area contributed by atoms with Gasteiger partial charge in [-0.1, -0.05) is 11.8 Å². The largest absolute Gasteiger partial charge is 0.365 e. The molecule has 1 N–H and O–H groups in total. The van der Waals surface area contributed by atoms with Crippen LogP contribution in [-0.4, -0.2) is 35.5 Å². The van der Waals surface area contributed by atoms with Crippen LogP contribution in [0.5, 0.6) is 0 Å². The molecule has 0 radical (unpaired) electrons. The zero-order valence-corrected chi connectivity index (χ0v) is 8.72. The van der Waals surface area contributed by atoms with Gasteiger partial charge in [-0.3, -0.25) is 4.99 Å². The number of hydrogen-bond donors (Lipinski definition) is 1. The van der Waals surface area contributed by atoms with Crippen LogP contribution >= 0.6 is 23.5 Å². The van der Waals surface area contributed by atoms with Crippen LogP contribution in [0.2, 0.25) is 0 Å². The van der Waals surface area contributed by atoms with Crippen molar-refractivity contribution in [1.82, 2.24) is 5.32 Å².